The van der Waals surface area contributed by atoms with Crippen LogP contribution in [0.4, 0.5) is 5.69 Å². The molecule has 9 nitrogen and oxygen atoms in total. The van der Waals surface area contributed by atoms with Gasteiger partial charge in [-0.1, -0.05) is 54.1 Å². The number of carbonyl (C=O) groups is 2. The van der Waals surface area contributed by atoms with Crippen molar-refractivity contribution in [3.63, 3.8) is 0 Å². The van der Waals surface area contributed by atoms with E-state index >= 15 is 0 Å². The molecule has 0 spiro atoms. The van der Waals surface area contributed by atoms with Gasteiger partial charge in [0.1, 0.15) is 6.33 Å². The molecule has 3 aromatic carbocycles. The summed E-state index contributed by atoms with van der Waals surface area (Å²) < 4.78 is 1.49. The van der Waals surface area contributed by atoms with Crippen molar-refractivity contribution in [3.05, 3.63) is 107 Å². The van der Waals surface area contributed by atoms with Crippen LogP contribution in [0.2, 0.25) is 5.02 Å². The first-order valence-electron chi connectivity index (χ1n) is 13.5. The van der Waals surface area contributed by atoms with Crippen molar-refractivity contribution in [1.82, 2.24) is 30.4 Å². The molecule has 0 unspecified atom stereocenters. The van der Waals surface area contributed by atoms with Gasteiger partial charge in [-0.15, -0.1) is 5.10 Å². The number of aromatic nitrogens is 4. The van der Waals surface area contributed by atoms with E-state index in [1.54, 1.807) is 24.3 Å². The molecule has 1 aliphatic rings. The molecule has 1 N–H and O–H groups in total. The highest BCUT2D eigenvalue weighted by Gasteiger charge is 2.21. The SMILES string of the molecule is CN1CCN(c2ccc(CC(=O)[C@H](Cc3ccccc3)NC(=O)/C=C/c3cc(Cl)ccc3-n3cnnn3)cc2)CC1. The van der Waals surface area contributed by atoms with Crippen molar-refractivity contribution in [2.75, 3.05) is 38.1 Å². The molecule has 1 aromatic heterocycles. The second-order valence-corrected chi connectivity index (χ2v) is 10.6. The summed E-state index contributed by atoms with van der Waals surface area (Å²) in [6.07, 6.45) is 5.12. The average Bonchev–Trinajstić information content (AvgIpc) is 3.52. The van der Waals surface area contributed by atoms with Gasteiger partial charge in [-0.25, -0.2) is 0 Å². The number of amides is 1. The maximum absolute atomic E-state index is 13.5. The van der Waals surface area contributed by atoms with Gasteiger partial charge in [0.25, 0.3) is 0 Å². The number of ketones is 1. The van der Waals surface area contributed by atoms with Crippen LogP contribution in [0.25, 0.3) is 11.8 Å². The van der Waals surface area contributed by atoms with Gasteiger partial charge in [-0.05, 0) is 71.4 Å². The topological polar surface area (TPSA) is 96.2 Å². The van der Waals surface area contributed by atoms with Gasteiger partial charge in [-0.2, -0.15) is 4.68 Å². The van der Waals surface area contributed by atoms with Crippen LogP contribution in [0.15, 0.2) is 85.2 Å². The lowest BCUT2D eigenvalue weighted by Gasteiger charge is -2.34. The van der Waals surface area contributed by atoms with Gasteiger partial charge in [0.15, 0.2) is 5.78 Å². The third-order valence-corrected chi connectivity index (χ3v) is 7.41. The molecule has 1 fully saturated rings. The highest BCUT2D eigenvalue weighted by molar-refractivity contribution is 6.30. The molecule has 2 heterocycles. The van der Waals surface area contributed by atoms with Gasteiger partial charge in [-0.3, -0.25) is 9.59 Å². The first kappa shape index (κ1) is 28.2. The van der Waals surface area contributed by atoms with Crippen LogP contribution >= 0.6 is 11.6 Å². The van der Waals surface area contributed by atoms with Crippen LogP contribution in [-0.2, 0) is 22.4 Å². The zero-order valence-corrected chi connectivity index (χ0v) is 23.6. The fourth-order valence-corrected chi connectivity index (χ4v) is 5.01. The van der Waals surface area contributed by atoms with Crippen molar-refractivity contribution < 1.29 is 9.59 Å². The largest absolute Gasteiger partial charge is 0.369 e. The Morgan fingerprint density at radius 1 is 0.976 bits per heavy atom. The van der Waals surface area contributed by atoms with Crippen molar-refractivity contribution >= 4 is 35.1 Å². The molecule has 5 rings (SSSR count). The third kappa shape index (κ3) is 7.65. The molecule has 210 valence electrons. The fourth-order valence-electron chi connectivity index (χ4n) is 4.83. The molecule has 4 aromatic rings. The molecular weight excluding hydrogens is 538 g/mol. The Bertz CT molecular complexity index is 1480. The number of rotatable bonds is 10. The molecule has 0 bridgehead atoms. The zero-order valence-electron chi connectivity index (χ0n) is 22.9. The molecule has 41 heavy (non-hydrogen) atoms. The van der Waals surface area contributed by atoms with E-state index in [2.05, 4.69) is 49.8 Å². The van der Waals surface area contributed by atoms with E-state index in [1.165, 1.54) is 17.1 Å². The highest BCUT2D eigenvalue weighted by Crippen LogP contribution is 2.21. The number of tetrazole rings is 1. The number of hydrogen-bond donors (Lipinski definition) is 1. The molecule has 0 saturated carbocycles. The molecule has 1 atom stereocenters. The number of hydrogen-bond acceptors (Lipinski definition) is 7. The summed E-state index contributed by atoms with van der Waals surface area (Å²) in [4.78, 5) is 31.3. The maximum atomic E-state index is 13.5. The Morgan fingerprint density at radius 2 is 1.73 bits per heavy atom. The minimum atomic E-state index is -0.690. The van der Waals surface area contributed by atoms with Gasteiger partial charge in [0.2, 0.25) is 5.91 Å². The van der Waals surface area contributed by atoms with Crippen LogP contribution in [0.3, 0.4) is 0 Å². The number of piperazine rings is 1. The van der Waals surface area contributed by atoms with Gasteiger partial charge < -0.3 is 15.1 Å². The molecule has 0 radical (unpaired) electrons. The number of carbonyl (C=O) groups excluding carboxylic acids is 2. The Kier molecular flexibility index (Phi) is 9.18. The fraction of sp³-hybridized carbons (Fsp3) is 0.258. The summed E-state index contributed by atoms with van der Waals surface area (Å²) >= 11 is 6.20. The van der Waals surface area contributed by atoms with E-state index in [0.29, 0.717) is 22.7 Å². The zero-order chi connectivity index (χ0) is 28.6. The average molecular weight is 570 g/mol. The van der Waals surface area contributed by atoms with Crippen LogP contribution in [0, 0.1) is 0 Å². The molecule has 1 saturated heterocycles. The summed E-state index contributed by atoms with van der Waals surface area (Å²) in [5.41, 5.74) is 4.37. The van der Waals surface area contributed by atoms with Gasteiger partial charge in [0.05, 0.1) is 11.7 Å². The van der Waals surface area contributed by atoms with Crippen molar-refractivity contribution in [1.29, 1.82) is 0 Å². The number of likely N-dealkylation sites (N-methyl/N-ethyl adjacent to an activating group) is 1. The molecular formula is C31H32ClN7O2. The predicted molar refractivity (Wildman–Crippen MR) is 160 cm³/mol. The van der Waals surface area contributed by atoms with Crippen LogP contribution in [-0.4, -0.2) is 76.1 Å². The standard InChI is InChI=1S/C31H32ClN7O2/c1-37-15-17-38(18-16-37)27-11-7-24(8-12-27)20-30(40)28(19-23-5-3-2-4-6-23)34-31(41)14-9-25-21-26(32)10-13-29(25)39-22-33-35-36-39/h2-14,21-22,28H,15-20H2,1H3,(H,34,41)/b14-9+/t28-/m0/s1. The van der Waals surface area contributed by atoms with Crippen molar-refractivity contribution in [2.45, 2.75) is 18.9 Å². The van der Waals surface area contributed by atoms with E-state index in [1.807, 2.05) is 42.5 Å². The van der Waals surface area contributed by atoms with Crippen LogP contribution in [0.1, 0.15) is 16.7 Å². The van der Waals surface area contributed by atoms with E-state index in [9.17, 15) is 9.59 Å². The minimum absolute atomic E-state index is 0.0555. The highest BCUT2D eigenvalue weighted by atomic mass is 35.5. The van der Waals surface area contributed by atoms with Crippen molar-refractivity contribution in [3.8, 4) is 5.69 Å². The Hall–Kier alpha value is -4.34. The lowest BCUT2D eigenvalue weighted by Crippen LogP contribution is -2.44. The monoisotopic (exact) mass is 569 g/mol. The second kappa shape index (κ2) is 13.3. The normalized spacial score (nSPS) is 14.7. The Labute approximate surface area is 244 Å². The Balaban J connectivity index is 1.28. The maximum Gasteiger partial charge on any atom is 0.244 e. The Morgan fingerprint density at radius 3 is 2.44 bits per heavy atom. The molecule has 1 amide bonds. The molecule has 10 heteroatoms. The first-order valence-corrected chi connectivity index (χ1v) is 13.9. The minimum Gasteiger partial charge on any atom is -0.369 e. The second-order valence-electron chi connectivity index (χ2n) is 10.1. The van der Waals surface area contributed by atoms with Crippen molar-refractivity contribution in [2.24, 2.45) is 0 Å². The first-order chi connectivity index (χ1) is 19.9. The molecule has 0 aliphatic carbocycles. The van der Waals surface area contributed by atoms with E-state index in [-0.39, 0.29) is 18.1 Å². The summed E-state index contributed by atoms with van der Waals surface area (Å²) in [6.45, 7) is 4.04. The summed E-state index contributed by atoms with van der Waals surface area (Å²) in [7, 11) is 2.14. The van der Waals surface area contributed by atoms with E-state index in [4.69, 9.17) is 11.6 Å². The number of anilines is 1. The van der Waals surface area contributed by atoms with E-state index in [0.717, 1.165) is 43.0 Å². The summed E-state index contributed by atoms with van der Waals surface area (Å²) in [5.74, 6) is -0.438. The lowest BCUT2D eigenvalue weighted by molar-refractivity contribution is -0.125. The predicted octanol–water partition coefficient (Wildman–Crippen LogP) is 3.62. The van der Waals surface area contributed by atoms with E-state index < -0.39 is 6.04 Å². The number of Topliss-reactive ketones (excluding diaryl/α,β-unsaturated/α-hetero) is 1. The third-order valence-electron chi connectivity index (χ3n) is 7.17. The molecule has 1 aliphatic heterocycles. The number of nitrogens with zero attached hydrogens (tertiary/aromatic N) is 6. The van der Waals surface area contributed by atoms with Gasteiger partial charge >= 0.3 is 0 Å². The smallest absolute Gasteiger partial charge is 0.244 e. The number of halogens is 1. The number of nitrogens with one attached hydrogen (secondary N) is 1. The summed E-state index contributed by atoms with van der Waals surface area (Å²) in [5, 5.41) is 14.7. The van der Waals surface area contributed by atoms with Crippen LogP contribution in [0.5, 0.6) is 0 Å². The quantitative estimate of drug-likeness (QED) is 0.291. The van der Waals surface area contributed by atoms with Gasteiger partial charge in [0, 0.05) is 54.9 Å². The van der Waals surface area contributed by atoms with Crippen LogP contribution < -0.4 is 10.2 Å². The number of benzene rings is 3. The summed E-state index contributed by atoms with van der Waals surface area (Å²) in [6, 6.07) is 22.4. The lowest BCUT2D eigenvalue weighted by atomic mass is 9.97.